The normalized spacial score (nSPS) is 12.9. The molecule has 0 saturated heterocycles. The van der Waals surface area contributed by atoms with Crippen LogP contribution in [0, 0.1) is 0 Å². The summed E-state index contributed by atoms with van der Waals surface area (Å²) in [5, 5.41) is 9.52. The summed E-state index contributed by atoms with van der Waals surface area (Å²) in [4.78, 5) is 24.2. The minimum Gasteiger partial charge on any atom is -0.462 e. The second kappa shape index (κ2) is 35.1. The number of rotatable bonds is 31. The molecular formula is C39H66O5. The van der Waals surface area contributed by atoms with E-state index in [1.807, 2.05) is 0 Å². The Morgan fingerprint density at radius 1 is 0.545 bits per heavy atom. The van der Waals surface area contributed by atoms with Crippen molar-refractivity contribution in [3.63, 3.8) is 0 Å². The molecule has 1 atom stereocenters. The molecule has 0 amide bonds. The predicted molar refractivity (Wildman–Crippen MR) is 187 cm³/mol. The van der Waals surface area contributed by atoms with E-state index >= 15 is 0 Å². The predicted octanol–water partition coefficient (Wildman–Crippen LogP) is 10.8. The van der Waals surface area contributed by atoms with Crippen molar-refractivity contribution in [2.75, 3.05) is 13.2 Å². The zero-order valence-corrected chi connectivity index (χ0v) is 28.4. The van der Waals surface area contributed by atoms with E-state index in [4.69, 9.17) is 9.47 Å². The van der Waals surface area contributed by atoms with E-state index in [-0.39, 0.29) is 25.2 Å². The van der Waals surface area contributed by atoms with E-state index in [0.29, 0.717) is 12.8 Å². The van der Waals surface area contributed by atoms with Crippen LogP contribution in [-0.4, -0.2) is 36.4 Å². The minimum atomic E-state index is -0.787. The molecule has 252 valence electrons. The third-order valence-corrected chi connectivity index (χ3v) is 7.30. The summed E-state index contributed by atoms with van der Waals surface area (Å²) in [7, 11) is 0. The molecule has 44 heavy (non-hydrogen) atoms. The van der Waals surface area contributed by atoms with Gasteiger partial charge in [0.25, 0.3) is 0 Å². The summed E-state index contributed by atoms with van der Waals surface area (Å²) < 4.78 is 10.6. The maximum atomic E-state index is 12.1. The summed E-state index contributed by atoms with van der Waals surface area (Å²) in [5.41, 5.74) is 0. The molecular weight excluding hydrogens is 548 g/mol. The van der Waals surface area contributed by atoms with Crippen LogP contribution in [0.15, 0.2) is 60.8 Å². The van der Waals surface area contributed by atoms with E-state index in [1.165, 1.54) is 38.5 Å². The highest BCUT2D eigenvalue weighted by Gasteiger charge is 2.16. The van der Waals surface area contributed by atoms with Gasteiger partial charge in [0.05, 0.1) is 6.61 Å². The van der Waals surface area contributed by atoms with Crippen molar-refractivity contribution in [2.24, 2.45) is 0 Å². The molecule has 0 aromatic rings. The first-order valence-corrected chi connectivity index (χ1v) is 17.8. The Kier molecular flexibility index (Phi) is 33.2. The van der Waals surface area contributed by atoms with E-state index in [2.05, 4.69) is 74.6 Å². The van der Waals surface area contributed by atoms with E-state index in [9.17, 15) is 14.7 Å². The van der Waals surface area contributed by atoms with Crippen LogP contribution in [0.2, 0.25) is 0 Å². The Hall–Kier alpha value is -2.40. The lowest BCUT2D eigenvalue weighted by molar-refractivity contribution is -0.161. The topological polar surface area (TPSA) is 72.8 Å². The van der Waals surface area contributed by atoms with Crippen LogP contribution in [0.4, 0.5) is 0 Å². The molecule has 0 rings (SSSR count). The summed E-state index contributed by atoms with van der Waals surface area (Å²) in [6.07, 6.45) is 44.1. The average Bonchev–Trinajstić information content (AvgIpc) is 3.02. The molecule has 0 aliphatic heterocycles. The van der Waals surface area contributed by atoms with Crippen LogP contribution in [0.25, 0.3) is 0 Å². The standard InChI is InChI=1S/C39H66O5/c1-3-5-7-9-11-13-15-17-19-21-23-25-27-29-31-33-38(41)43-36-37(35-40)44-39(42)34-32-30-28-26-24-22-20-18-16-14-12-10-8-6-4-2/h6,8,11-14,17-20,37,40H,3-5,7,9-10,15-16,21-36H2,1-2H3/t37-/m0/s1. The fourth-order valence-electron chi connectivity index (χ4n) is 4.60. The van der Waals surface area contributed by atoms with Gasteiger partial charge in [-0.25, -0.2) is 0 Å². The monoisotopic (exact) mass is 614 g/mol. The van der Waals surface area contributed by atoms with E-state index < -0.39 is 6.10 Å². The van der Waals surface area contributed by atoms with Gasteiger partial charge in [0.1, 0.15) is 6.61 Å². The SMILES string of the molecule is CCC=CCC=CCC=CCCCCCCCC(=O)O[C@@H](CO)COC(=O)CCCCCCCC=CCC=CCCCCC. The fourth-order valence-corrected chi connectivity index (χ4v) is 4.60. The van der Waals surface area contributed by atoms with Gasteiger partial charge in [-0.15, -0.1) is 0 Å². The van der Waals surface area contributed by atoms with Crippen LogP contribution < -0.4 is 0 Å². The number of hydrogen-bond acceptors (Lipinski definition) is 5. The highest BCUT2D eigenvalue weighted by Crippen LogP contribution is 2.11. The molecule has 0 aliphatic carbocycles. The Bertz CT molecular complexity index is 792. The Balaban J connectivity index is 3.65. The number of aliphatic hydroxyl groups excluding tert-OH is 1. The van der Waals surface area contributed by atoms with Gasteiger partial charge < -0.3 is 14.6 Å². The summed E-state index contributed by atoms with van der Waals surface area (Å²) in [6.45, 7) is 3.95. The number of aliphatic hydroxyl groups is 1. The van der Waals surface area contributed by atoms with Gasteiger partial charge in [-0.3, -0.25) is 9.59 Å². The molecule has 1 N–H and O–H groups in total. The van der Waals surface area contributed by atoms with Gasteiger partial charge in [0.15, 0.2) is 6.10 Å². The minimum absolute atomic E-state index is 0.0828. The van der Waals surface area contributed by atoms with Crippen LogP contribution >= 0.6 is 0 Å². The zero-order chi connectivity index (χ0) is 32.2. The fraction of sp³-hybridized carbons (Fsp3) is 0.692. The lowest BCUT2D eigenvalue weighted by atomic mass is 10.1. The van der Waals surface area contributed by atoms with Crippen molar-refractivity contribution in [3.8, 4) is 0 Å². The smallest absolute Gasteiger partial charge is 0.306 e. The van der Waals surface area contributed by atoms with Crippen molar-refractivity contribution in [3.05, 3.63) is 60.8 Å². The number of esters is 2. The molecule has 0 aromatic heterocycles. The van der Waals surface area contributed by atoms with Gasteiger partial charge in [-0.2, -0.15) is 0 Å². The Morgan fingerprint density at radius 3 is 1.48 bits per heavy atom. The third-order valence-electron chi connectivity index (χ3n) is 7.30. The average molecular weight is 615 g/mol. The summed E-state index contributed by atoms with van der Waals surface area (Å²) >= 11 is 0. The molecule has 0 saturated carbocycles. The van der Waals surface area contributed by atoms with Crippen LogP contribution in [0.5, 0.6) is 0 Å². The molecule has 0 bridgehead atoms. The molecule has 5 heteroatoms. The summed E-state index contributed by atoms with van der Waals surface area (Å²) in [6, 6.07) is 0. The molecule has 0 heterocycles. The first-order chi connectivity index (χ1) is 21.6. The van der Waals surface area contributed by atoms with Crippen molar-refractivity contribution in [1.29, 1.82) is 0 Å². The first-order valence-electron chi connectivity index (χ1n) is 17.8. The number of carbonyl (C=O) groups is 2. The zero-order valence-electron chi connectivity index (χ0n) is 28.4. The van der Waals surface area contributed by atoms with Crippen molar-refractivity contribution >= 4 is 11.9 Å². The van der Waals surface area contributed by atoms with Gasteiger partial charge in [0, 0.05) is 12.8 Å². The molecule has 0 spiro atoms. The van der Waals surface area contributed by atoms with Gasteiger partial charge >= 0.3 is 11.9 Å². The highest BCUT2D eigenvalue weighted by molar-refractivity contribution is 5.70. The Labute approximate surface area is 271 Å². The number of ether oxygens (including phenoxy) is 2. The van der Waals surface area contributed by atoms with E-state index in [0.717, 1.165) is 89.9 Å². The number of hydrogen-bond donors (Lipinski definition) is 1. The van der Waals surface area contributed by atoms with Crippen molar-refractivity contribution in [1.82, 2.24) is 0 Å². The Morgan fingerprint density at radius 2 is 0.977 bits per heavy atom. The number of unbranched alkanes of at least 4 members (excludes halogenated alkanes) is 13. The highest BCUT2D eigenvalue weighted by atomic mass is 16.6. The molecule has 0 aliphatic rings. The largest absolute Gasteiger partial charge is 0.462 e. The lowest BCUT2D eigenvalue weighted by Crippen LogP contribution is -2.28. The summed E-state index contributed by atoms with van der Waals surface area (Å²) in [5.74, 6) is -0.633. The number of carbonyl (C=O) groups excluding carboxylic acids is 2. The quantitative estimate of drug-likeness (QED) is 0.0478. The second-order valence-electron chi connectivity index (χ2n) is 11.6. The van der Waals surface area contributed by atoms with Crippen molar-refractivity contribution < 1.29 is 24.2 Å². The number of allylic oxidation sites excluding steroid dienone is 10. The van der Waals surface area contributed by atoms with E-state index in [1.54, 1.807) is 0 Å². The molecule has 0 fully saturated rings. The molecule has 0 unspecified atom stereocenters. The van der Waals surface area contributed by atoms with Crippen LogP contribution in [-0.2, 0) is 19.1 Å². The van der Waals surface area contributed by atoms with Gasteiger partial charge in [-0.1, -0.05) is 126 Å². The van der Waals surface area contributed by atoms with Gasteiger partial charge in [-0.05, 0) is 77.0 Å². The van der Waals surface area contributed by atoms with Crippen molar-refractivity contribution in [2.45, 2.75) is 161 Å². The maximum Gasteiger partial charge on any atom is 0.306 e. The molecule has 5 nitrogen and oxygen atoms in total. The van der Waals surface area contributed by atoms with Gasteiger partial charge in [0.2, 0.25) is 0 Å². The maximum absolute atomic E-state index is 12.1. The third kappa shape index (κ3) is 32.5. The molecule has 0 radical (unpaired) electrons. The van der Waals surface area contributed by atoms with Crippen LogP contribution in [0.1, 0.15) is 155 Å². The first kappa shape index (κ1) is 41.6. The molecule has 0 aromatic carbocycles. The van der Waals surface area contributed by atoms with Crippen LogP contribution in [0.3, 0.4) is 0 Å². The second-order valence-corrected chi connectivity index (χ2v) is 11.6. The lowest BCUT2D eigenvalue weighted by Gasteiger charge is -2.15.